The number of nitrogens with one attached hydrogen (secondary N) is 1. The third kappa shape index (κ3) is 2.55. The minimum Gasteiger partial charge on any atom is -0.423 e. The molecule has 1 aromatic carbocycles. The van der Waals surface area contributed by atoms with Crippen LogP contribution in [0.1, 0.15) is 16.1 Å². The zero-order chi connectivity index (χ0) is 13.9. The highest BCUT2D eigenvalue weighted by Gasteiger charge is 2.07. The fraction of sp³-hybridized carbons (Fsp3) is 0.214. The summed E-state index contributed by atoms with van der Waals surface area (Å²) in [6.45, 7) is 4.86. The number of aryl methyl sites for hydroxylation is 2. The fourth-order valence-electron chi connectivity index (χ4n) is 1.92. The minimum absolute atomic E-state index is 0.530. The van der Waals surface area contributed by atoms with Gasteiger partial charge in [-0.2, -0.15) is 0 Å². The molecule has 2 heterocycles. The molecule has 0 aliphatic rings. The molecule has 0 aliphatic heterocycles. The summed E-state index contributed by atoms with van der Waals surface area (Å²) in [5, 5.41) is 11.1. The van der Waals surface area contributed by atoms with Crippen LogP contribution in [0, 0.1) is 13.8 Å². The van der Waals surface area contributed by atoms with Crippen molar-refractivity contribution < 1.29 is 4.42 Å². The first kappa shape index (κ1) is 12.8. The lowest BCUT2D eigenvalue weighted by molar-refractivity contribution is 0.568. The smallest absolute Gasteiger partial charge is 0.247 e. The summed E-state index contributed by atoms with van der Waals surface area (Å²) in [4.78, 5) is 5.50. The van der Waals surface area contributed by atoms with E-state index in [1.165, 1.54) is 16.8 Å². The molecule has 0 unspecified atom stereocenters. The summed E-state index contributed by atoms with van der Waals surface area (Å²) in [7, 11) is 0. The topological polar surface area (TPSA) is 63.8 Å². The van der Waals surface area contributed by atoms with Crippen molar-refractivity contribution in [1.29, 1.82) is 0 Å². The summed E-state index contributed by atoms with van der Waals surface area (Å²) >= 11 is 1.66. The largest absolute Gasteiger partial charge is 0.423 e. The molecule has 0 saturated heterocycles. The van der Waals surface area contributed by atoms with E-state index in [2.05, 4.69) is 27.4 Å². The predicted molar refractivity (Wildman–Crippen MR) is 78.6 cm³/mol. The second kappa shape index (κ2) is 5.42. The van der Waals surface area contributed by atoms with Gasteiger partial charge < -0.3 is 9.73 Å². The lowest BCUT2D eigenvalue weighted by Crippen LogP contribution is -2.01. The van der Waals surface area contributed by atoms with Gasteiger partial charge in [-0.1, -0.05) is 6.07 Å². The van der Waals surface area contributed by atoms with Gasteiger partial charge in [0.1, 0.15) is 0 Å². The van der Waals surface area contributed by atoms with Crippen molar-refractivity contribution in [1.82, 2.24) is 15.2 Å². The number of nitrogens with zero attached hydrogens (tertiary/aromatic N) is 3. The molecule has 5 nitrogen and oxygen atoms in total. The maximum atomic E-state index is 5.23. The van der Waals surface area contributed by atoms with E-state index in [-0.39, 0.29) is 0 Å². The van der Waals surface area contributed by atoms with Gasteiger partial charge in [0.05, 0.1) is 17.7 Å². The fourth-order valence-corrected chi connectivity index (χ4v) is 2.63. The van der Waals surface area contributed by atoms with E-state index in [0.29, 0.717) is 5.89 Å². The van der Waals surface area contributed by atoms with Crippen LogP contribution < -0.4 is 5.32 Å². The molecule has 0 atom stereocenters. The average molecular weight is 286 g/mol. The zero-order valence-electron chi connectivity index (χ0n) is 11.3. The van der Waals surface area contributed by atoms with E-state index in [1.54, 1.807) is 11.3 Å². The molecular weight excluding hydrogens is 272 g/mol. The zero-order valence-corrected chi connectivity index (χ0v) is 12.1. The van der Waals surface area contributed by atoms with E-state index >= 15 is 0 Å². The molecule has 6 heteroatoms. The Bertz CT molecular complexity index is 706. The Morgan fingerprint density at radius 2 is 2.20 bits per heavy atom. The molecule has 0 fully saturated rings. The van der Waals surface area contributed by atoms with Crippen LogP contribution in [-0.4, -0.2) is 15.2 Å². The molecule has 1 N–H and O–H groups in total. The summed E-state index contributed by atoms with van der Waals surface area (Å²) in [6.07, 6.45) is 1.34. The Hall–Kier alpha value is -2.21. The van der Waals surface area contributed by atoms with Gasteiger partial charge in [-0.3, -0.25) is 0 Å². The molecule has 0 bridgehead atoms. The van der Waals surface area contributed by atoms with E-state index in [4.69, 9.17) is 4.42 Å². The SMILES string of the molecule is Cc1ccc(-c2nnco2)cc1NCc1scnc1C. The van der Waals surface area contributed by atoms with Crippen LogP contribution >= 0.6 is 11.3 Å². The van der Waals surface area contributed by atoms with E-state index in [0.717, 1.165) is 23.5 Å². The second-order valence-electron chi connectivity index (χ2n) is 4.49. The molecule has 0 saturated carbocycles. The Kier molecular flexibility index (Phi) is 3.47. The number of aromatic nitrogens is 3. The van der Waals surface area contributed by atoms with Crippen LogP contribution in [0.4, 0.5) is 5.69 Å². The highest BCUT2D eigenvalue weighted by molar-refractivity contribution is 7.09. The molecule has 3 rings (SSSR count). The van der Waals surface area contributed by atoms with Gasteiger partial charge in [0.25, 0.3) is 0 Å². The van der Waals surface area contributed by atoms with Gasteiger partial charge in [-0.05, 0) is 31.5 Å². The lowest BCUT2D eigenvalue weighted by atomic mass is 10.1. The molecular formula is C14H14N4OS. The standard InChI is InChI=1S/C14H14N4OS/c1-9-3-4-11(14-18-17-7-19-14)5-12(9)15-6-13-10(2)16-8-20-13/h3-5,7-8,15H,6H2,1-2H3. The third-order valence-electron chi connectivity index (χ3n) is 3.13. The highest BCUT2D eigenvalue weighted by atomic mass is 32.1. The van der Waals surface area contributed by atoms with Crippen LogP contribution in [0.5, 0.6) is 0 Å². The lowest BCUT2D eigenvalue weighted by Gasteiger charge is -2.10. The molecule has 2 aromatic heterocycles. The maximum Gasteiger partial charge on any atom is 0.247 e. The van der Waals surface area contributed by atoms with Gasteiger partial charge in [-0.15, -0.1) is 21.5 Å². The van der Waals surface area contributed by atoms with Crippen LogP contribution in [0.2, 0.25) is 0 Å². The van der Waals surface area contributed by atoms with Crippen LogP contribution in [0.25, 0.3) is 11.5 Å². The van der Waals surface area contributed by atoms with Crippen molar-refractivity contribution in [3.63, 3.8) is 0 Å². The number of hydrogen-bond donors (Lipinski definition) is 1. The molecule has 0 amide bonds. The number of rotatable bonds is 4. The summed E-state index contributed by atoms with van der Waals surface area (Å²) in [5.41, 5.74) is 6.10. The third-order valence-corrected chi connectivity index (χ3v) is 4.06. The van der Waals surface area contributed by atoms with E-state index in [9.17, 15) is 0 Å². The summed E-state index contributed by atoms with van der Waals surface area (Å²) < 4.78 is 5.23. The number of anilines is 1. The van der Waals surface area contributed by atoms with Crippen molar-refractivity contribution in [3.8, 4) is 11.5 Å². The first-order valence-electron chi connectivity index (χ1n) is 6.24. The van der Waals surface area contributed by atoms with Gasteiger partial charge >= 0.3 is 0 Å². The Morgan fingerprint density at radius 1 is 1.30 bits per heavy atom. The molecule has 20 heavy (non-hydrogen) atoms. The highest BCUT2D eigenvalue weighted by Crippen LogP contribution is 2.25. The Balaban J connectivity index is 1.82. The number of benzene rings is 1. The first-order valence-corrected chi connectivity index (χ1v) is 7.12. The van der Waals surface area contributed by atoms with Gasteiger partial charge in [0, 0.05) is 16.1 Å². The van der Waals surface area contributed by atoms with Gasteiger partial charge in [-0.25, -0.2) is 4.98 Å². The number of thiazole rings is 1. The van der Waals surface area contributed by atoms with Crippen molar-refractivity contribution in [3.05, 3.63) is 46.2 Å². The molecule has 0 aliphatic carbocycles. The van der Waals surface area contributed by atoms with Crippen LogP contribution in [-0.2, 0) is 6.54 Å². The maximum absolute atomic E-state index is 5.23. The van der Waals surface area contributed by atoms with Crippen molar-refractivity contribution in [2.45, 2.75) is 20.4 Å². The summed E-state index contributed by atoms with van der Waals surface area (Å²) in [5.74, 6) is 0.530. The predicted octanol–water partition coefficient (Wildman–Crippen LogP) is 3.42. The Labute approximate surface area is 120 Å². The first-order chi connectivity index (χ1) is 9.74. The van der Waals surface area contributed by atoms with Crippen molar-refractivity contribution in [2.75, 3.05) is 5.32 Å². The van der Waals surface area contributed by atoms with Crippen molar-refractivity contribution in [2.24, 2.45) is 0 Å². The monoisotopic (exact) mass is 286 g/mol. The Morgan fingerprint density at radius 3 is 2.90 bits per heavy atom. The van der Waals surface area contributed by atoms with E-state index in [1.807, 2.05) is 30.6 Å². The minimum atomic E-state index is 0.530. The molecule has 0 radical (unpaired) electrons. The van der Waals surface area contributed by atoms with E-state index < -0.39 is 0 Å². The molecule has 102 valence electrons. The van der Waals surface area contributed by atoms with Gasteiger partial charge in [0.2, 0.25) is 12.3 Å². The van der Waals surface area contributed by atoms with Gasteiger partial charge in [0.15, 0.2) is 0 Å². The van der Waals surface area contributed by atoms with Crippen LogP contribution in [0.15, 0.2) is 34.5 Å². The molecule has 0 spiro atoms. The second-order valence-corrected chi connectivity index (χ2v) is 5.43. The quantitative estimate of drug-likeness (QED) is 0.796. The van der Waals surface area contributed by atoms with Crippen LogP contribution in [0.3, 0.4) is 0 Å². The number of hydrogen-bond acceptors (Lipinski definition) is 6. The molecule has 3 aromatic rings. The van der Waals surface area contributed by atoms with Crippen molar-refractivity contribution >= 4 is 17.0 Å². The summed E-state index contributed by atoms with van der Waals surface area (Å²) in [6, 6.07) is 6.05. The normalized spacial score (nSPS) is 10.7. The average Bonchev–Trinajstić information content (AvgIpc) is 3.10.